The van der Waals surface area contributed by atoms with E-state index < -0.39 is 13.3 Å². The molecule has 204 valence electrons. The first kappa shape index (κ1) is 33.9. The van der Waals surface area contributed by atoms with Crippen molar-refractivity contribution in [1.82, 2.24) is 0 Å². The molecule has 0 aromatic carbocycles. The van der Waals surface area contributed by atoms with Crippen LogP contribution in [0.4, 0.5) is 4.79 Å². The number of hydrogen-bond donors (Lipinski definition) is 1. The first-order chi connectivity index (χ1) is 16.4. The third-order valence-electron chi connectivity index (χ3n) is 5.94. The molecule has 3 unspecified atom stereocenters. The topological polar surface area (TPSA) is 82.1 Å². The molecule has 0 aliphatic carbocycles. The molecule has 0 saturated carbocycles. The average Bonchev–Trinajstić information content (AvgIpc) is 2.83. The van der Waals surface area contributed by atoms with Crippen molar-refractivity contribution in [3.63, 3.8) is 0 Å². The highest BCUT2D eigenvalue weighted by Crippen LogP contribution is 2.49. The quantitative estimate of drug-likeness (QED) is 0.0521. The number of thioether (sulfide) groups is 1. The van der Waals surface area contributed by atoms with E-state index in [1.165, 1.54) is 89.9 Å². The predicted octanol–water partition coefficient (Wildman–Crippen LogP) is 10.0. The fourth-order valence-electron chi connectivity index (χ4n) is 3.73. The highest BCUT2D eigenvalue weighted by Gasteiger charge is 2.38. The van der Waals surface area contributed by atoms with Crippen LogP contribution in [0, 0.1) is 0 Å². The van der Waals surface area contributed by atoms with Crippen molar-refractivity contribution in [3.05, 3.63) is 0 Å². The van der Waals surface area contributed by atoms with Crippen LogP contribution < -0.4 is 0 Å². The van der Waals surface area contributed by atoms with Gasteiger partial charge in [0.1, 0.15) is 6.10 Å². The lowest BCUT2D eigenvalue weighted by atomic mass is 10.1. The van der Waals surface area contributed by atoms with E-state index in [2.05, 4.69) is 13.8 Å². The van der Waals surface area contributed by atoms with Gasteiger partial charge in [-0.1, -0.05) is 111 Å². The van der Waals surface area contributed by atoms with Gasteiger partial charge in [0.05, 0.1) is 6.61 Å². The van der Waals surface area contributed by atoms with Gasteiger partial charge in [-0.15, -0.1) is 4.67 Å². The van der Waals surface area contributed by atoms with Gasteiger partial charge < -0.3 is 5.11 Å². The van der Waals surface area contributed by atoms with E-state index in [1.807, 2.05) is 25.6 Å². The first-order valence-corrected chi connectivity index (χ1v) is 16.4. The lowest BCUT2D eigenvalue weighted by molar-refractivity contribution is -0.245. The Balaban J connectivity index is 4.39. The highest BCUT2D eigenvalue weighted by molar-refractivity contribution is 7.99. The molecule has 0 aromatic rings. The van der Waals surface area contributed by atoms with Crippen LogP contribution in [0.1, 0.15) is 137 Å². The van der Waals surface area contributed by atoms with Crippen LogP contribution in [0.5, 0.6) is 0 Å². The lowest BCUT2D eigenvalue weighted by Gasteiger charge is -2.24. The van der Waals surface area contributed by atoms with E-state index in [0.29, 0.717) is 6.42 Å². The average molecular weight is 525 g/mol. The second-order valence-corrected chi connectivity index (χ2v) is 12.4. The van der Waals surface area contributed by atoms with E-state index in [-0.39, 0.29) is 18.0 Å². The molecule has 0 aliphatic heterocycles. The molecule has 0 rings (SSSR count). The van der Waals surface area contributed by atoms with Crippen LogP contribution in [0.15, 0.2) is 0 Å². The number of unbranched alkanes of at least 4 members (excludes halogenated alkanes) is 13. The molecular weight excluding hydrogens is 471 g/mol. The van der Waals surface area contributed by atoms with Gasteiger partial charge in [0.15, 0.2) is 0 Å². The summed E-state index contributed by atoms with van der Waals surface area (Å²) >= 11 is 1.86. The van der Waals surface area contributed by atoms with Gasteiger partial charge in [0.25, 0.3) is 0 Å². The molecule has 0 heterocycles. The molecule has 0 aliphatic rings. The van der Waals surface area contributed by atoms with Crippen LogP contribution in [0.2, 0.25) is 0 Å². The van der Waals surface area contributed by atoms with Crippen molar-refractivity contribution in [2.75, 3.05) is 12.4 Å². The van der Waals surface area contributed by atoms with Crippen molar-refractivity contribution in [1.29, 1.82) is 0 Å². The smallest absolute Gasteiger partial charge is 0.464 e. The molecule has 0 fully saturated rings. The molecule has 0 radical (unpaired) electrons. The first-order valence-electron chi connectivity index (χ1n) is 13.9. The van der Waals surface area contributed by atoms with Crippen molar-refractivity contribution >= 4 is 25.1 Å². The van der Waals surface area contributed by atoms with Gasteiger partial charge in [-0.2, -0.15) is 11.8 Å². The monoisotopic (exact) mass is 524 g/mol. The molecule has 0 aromatic heterocycles. The maximum absolute atomic E-state index is 12.4. The number of rotatable bonds is 26. The van der Waals surface area contributed by atoms with Crippen molar-refractivity contribution in [2.45, 2.75) is 148 Å². The van der Waals surface area contributed by atoms with E-state index in [9.17, 15) is 14.5 Å². The fraction of sp³-hybridized carbons (Fsp3) is 0.962. The predicted molar refractivity (Wildman–Crippen MR) is 145 cm³/mol. The Morgan fingerprint density at radius 2 is 1.29 bits per heavy atom. The standard InChI is InChI=1S/C26H53O6PS/c1-5-8-10-12-13-14-15-16-18-20-23-34-25(21-19-17-11-9-6-2)24(4)31-32-33(29,26(27)28)30-22-7-3/h24-25H,5-23H2,1-4H3,(H,27,28). The number of carboxylic acid groups (broad SMARTS) is 1. The Hall–Kier alpha value is -0.0700. The normalized spacial score (nSPS) is 15.2. The summed E-state index contributed by atoms with van der Waals surface area (Å²) in [5.74, 6) is 1.05. The summed E-state index contributed by atoms with van der Waals surface area (Å²) in [6.07, 6.45) is 20.3. The zero-order valence-electron chi connectivity index (χ0n) is 22.4. The molecule has 0 spiro atoms. The summed E-state index contributed by atoms with van der Waals surface area (Å²) in [7, 11) is -4.31. The summed E-state index contributed by atoms with van der Waals surface area (Å²) in [6, 6.07) is 0. The van der Waals surface area contributed by atoms with Crippen LogP contribution in [-0.4, -0.2) is 34.5 Å². The molecule has 8 heteroatoms. The van der Waals surface area contributed by atoms with Gasteiger partial charge in [-0.05, 0) is 31.9 Å². The maximum Gasteiger partial charge on any atom is 0.464 e. The molecular formula is C26H53O6PS. The molecule has 1 N–H and O–H groups in total. The fourth-order valence-corrected chi connectivity index (χ4v) is 5.95. The molecule has 0 saturated heterocycles. The van der Waals surface area contributed by atoms with E-state index in [4.69, 9.17) is 14.1 Å². The molecule has 0 bridgehead atoms. The molecule has 3 atom stereocenters. The summed E-state index contributed by atoms with van der Waals surface area (Å²) in [4.78, 5) is 16.7. The Bertz CT molecular complexity index is 520. The minimum Gasteiger partial charge on any atom is -0.472 e. The van der Waals surface area contributed by atoms with E-state index >= 15 is 0 Å². The van der Waals surface area contributed by atoms with Crippen LogP contribution in [0.25, 0.3) is 0 Å². The van der Waals surface area contributed by atoms with E-state index in [1.54, 1.807) is 0 Å². The second kappa shape index (κ2) is 23.3. The molecule has 34 heavy (non-hydrogen) atoms. The Morgan fingerprint density at radius 1 is 0.794 bits per heavy atom. The number of hydrogen-bond acceptors (Lipinski definition) is 6. The number of carbonyl (C=O) groups is 1. The van der Waals surface area contributed by atoms with E-state index in [0.717, 1.165) is 18.6 Å². The van der Waals surface area contributed by atoms with Crippen molar-refractivity contribution in [3.8, 4) is 0 Å². The molecule has 6 nitrogen and oxygen atoms in total. The van der Waals surface area contributed by atoms with Gasteiger partial charge >= 0.3 is 13.3 Å². The third kappa shape index (κ3) is 18.2. The van der Waals surface area contributed by atoms with Crippen molar-refractivity contribution < 1.29 is 28.6 Å². The maximum atomic E-state index is 12.4. The van der Waals surface area contributed by atoms with Gasteiger partial charge in [-0.25, -0.2) is 14.2 Å². The summed E-state index contributed by atoms with van der Waals surface area (Å²) < 4.78 is 22.3. The largest absolute Gasteiger partial charge is 0.472 e. The Kier molecular flexibility index (Phi) is 23.3. The lowest BCUT2D eigenvalue weighted by Crippen LogP contribution is -2.24. The van der Waals surface area contributed by atoms with Crippen molar-refractivity contribution in [2.24, 2.45) is 0 Å². The summed E-state index contributed by atoms with van der Waals surface area (Å²) in [6.45, 7) is 8.20. The third-order valence-corrected chi connectivity index (χ3v) is 8.78. The minimum atomic E-state index is -4.31. The van der Waals surface area contributed by atoms with Gasteiger partial charge in [0, 0.05) is 5.25 Å². The second-order valence-electron chi connectivity index (χ2n) is 9.28. The highest BCUT2D eigenvalue weighted by atomic mass is 32.2. The molecule has 0 amide bonds. The Morgan fingerprint density at radius 3 is 1.79 bits per heavy atom. The van der Waals surface area contributed by atoms with Crippen LogP contribution in [0.3, 0.4) is 0 Å². The summed E-state index contributed by atoms with van der Waals surface area (Å²) in [5, 5.41) is 9.43. The SMILES string of the molecule is CCCCCCCCCCCCSC(CCCCCCC)C(C)OOP(=O)(OCCC)C(=O)O. The van der Waals surface area contributed by atoms with Gasteiger partial charge in [0.2, 0.25) is 0 Å². The zero-order chi connectivity index (χ0) is 25.5. The Labute approximate surface area is 214 Å². The summed E-state index contributed by atoms with van der Waals surface area (Å²) in [5.41, 5.74) is -1.61. The minimum absolute atomic E-state index is 0.0513. The van der Waals surface area contributed by atoms with Crippen LogP contribution >= 0.6 is 19.4 Å². The van der Waals surface area contributed by atoms with Gasteiger partial charge in [-0.3, -0.25) is 4.52 Å². The zero-order valence-corrected chi connectivity index (χ0v) is 24.1. The van der Waals surface area contributed by atoms with Crippen LogP contribution in [-0.2, 0) is 18.7 Å².